The van der Waals surface area contributed by atoms with Gasteiger partial charge in [-0.3, -0.25) is 0 Å². The predicted octanol–water partition coefficient (Wildman–Crippen LogP) is 2.40. The van der Waals surface area contributed by atoms with E-state index in [9.17, 15) is 0 Å². The predicted molar refractivity (Wildman–Crippen MR) is 31.9 cm³/mol. The summed E-state index contributed by atoms with van der Waals surface area (Å²) in [6.07, 6.45) is 5.49. The van der Waals surface area contributed by atoms with E-state index in [0.717, 1.165) is 0 Å². The molecule has 0 amide bonds. The van der Waals surface area contributed by atoms with Gasteiger partial charge in [-0.2, -0.15) is 0 Å². The zero-order valence-electron chi connectivity index (χ0n) is 5.04. The van der Waals surface area contributed by atoms with E-state index in [0.29, 0.717) is 5.41 Å². The molecule has 1 saturated carbocycles. The molecule has 0 saturated heterocycles. The van der Waals surface area contributed by atoms with Crippen LogP contribution in [0.4, 0.5) is 0 Å². The van der Waals surface area contributed by atoms with Gasteiger partial charge < -0.3 is 0 Å². The summed E-state index contributed by atoms with van der Waals surface area (Å²) in [5, 5.41) is 0. The molecule has 41 valence electrons. The zero-order chi connectivity index (χ0) is 5.33. The van der Waals surface area contributed by atoms with Crippen molar-refractivity contribution in [3.05, 3.63) is 6.92 Å². The Morgan fingerprint density at radius 2 is 1.71 bits per heavy atom. The lowest BCUT2D eigenvalue weighted by atomic mass is 9.92. The topological polar surface area (TPSA) is 0 Å². The van der Waals surface area contributed by atoms with Crippen LogP contribution in [0.25, 0.3) is 0 Å². The molecule has 1 fully saturated rings. The van der Waals surface area contributed by atoms with E-state index < -0.39 is 0 Å². The van der Waals surface area contributed by atoms with E-state index in [2.05, 4.69) is 13.8 Å². The molecule has 0 bridgehead atoms. The maximum absolute atomic E-state index is 4.07. The van der Waals surface area contributed by atoms with E-state index in [-0.39, 0.29) is 0 Å². The molecule has 0 N–H and O–H groups in total. The van der Waals surface area contributed by atoms with Gasteiger partial charge in [-0.15, -0.1) is 0 Å². The summed E-state index contributed by atoms with van der Waals surface area (Å²) in [4.78, 5) is 0. The minimum absolute atomic E-state index is 0.444. The standard InChI is InChI=1S/C7H13/c1-7(2)5-3-4-6-7/h1,3-6H2,2H3. The fraction of sp³-hybridized carbons (Fsp3) is 0.857. The summed E-state index contributed by atoms with van der Waals surface area (Å²) in [5.41, 5.74) is 0.444. The van der Waals surface area contributed by atoms with Gasteiger partial charge in [-0.1, -0.05) is 19.8 Å². The Bertz CT molecular complexity index is 54.4. The van der Waals surface area contributed by atoms with Gasteiger partial charge in [0.1, 0.15) is 0 Å². The van der Waals surface area contributed by atoms with Gasteiger partial charge in [0.25, 0.3) is 0 Å². The molecule has 0 aromatic carbocycles. The summed E-state index contributed by atoms with van der Waals surface area (Å²) in [6, 6.07) is 0. The Balaban J connectivity index is 2.40. The first-order valence-corrected chi connectivity index (χ1v) is 3.06. The van der Waals surface area contributed by atoms with E-state index in [1.165, 1.54) is 25.7 Å². The van der Waals surface area contributed by atoms with E-state index in [1.807, 2.05) is 0 Å². The molecule has 1 aliphatic carbocycles. The van der Waals surface area contributed by atoms with Crippen LogP contribution in [0.15, 0.2) is 0 Å². The molecule has 7 heavy (non-hydrogen) atoms. The Hall–Kier alpha value is 0. The zero-order valence-corrected chi connectivity index (χ0v) is 5.04. The number of hydrogen-bond acceptors (Lipinski definition) is 0. The summed E-state index contributed by atoms with van der Waals surface area (Å²) in [7, 11) is 0. The highest BCUT2D eigenvalue weighted by Gasteiger charge is 2.22. The minimum Gasteiger partial charge on any atom is -0.0596 e. The molecule has 0 unspecified atom stereocenters. The van der Waals surface area contributed by atoms with Gasteiger partial charge >= 0.3 is 0 Å². The molecular weight excluding hydrogens is 84.1 g/mol. The minimum atomic E-state index is 0.444. The van der Waals surface area contributed by atoms with Gasteiger partial charge in [0.05, 0.1) is 0 Å². The van der Waals surface area contributed by atoms with E-state index in [4.69, 9.17) is 0 Å². The molecule has 0 aromatic heterocycles. The lowest BCUT2D eigenvalue weighted by Gasteiger charge is -2.13. The fourth-order valence-electron chi connectivity index (χ4n) is 1.23. The highest BCUT2D eigenvalue weighted by molar-refractivity contribution is 4.81. The summed E-state index contributed by atoms with van der Waals surface area (Å²) in [6.45, 7) is 6.32. The highest BCUT2D eigenvalue weighted by Crippen LogP contribution is 2.35. The number of rotatable bonds is 0. The van der Waals surface area contributed by atoms with Crippen molar-refractivity contribution in [2.45, 2.75) is 32.6 Å². The monoisotopic (exact) mass is 97.1 g/mol. The lowest BCUT2D eigenvalue weighted by Crippen LogP contribution is -2.02. The third-order valence-corrected chi connectivity index (χ3v) is 1.81. The van der Waals surface area contributed by atoms with Crippen LogP contribution in [0.5, 0.6) is 0 Å². The van der Waals surface area contributed by atoms with Crippen LogP contribution in [0.2, 0.25) is 0 Å². The van der Waals surface area contributed by atoms with Gasteiger partial charge in [-0.05, 0) is 25.2 Å². The van der Waals surface area contributed by atoms with Gasteiger partial charge in [-0.25, -0.2) is 0 Å². The van der Waals surface area contributed by atoms with Crippen molar-refractivity contribution in [1.82, 2.24) is 0 Å². The SMILES string of the molecule is [CH2]C1(C)CCCC1. The summed E-state index contributed by atoms with van der Waals surface area (Å²) in [5.74, 6) is 0. The number of hydrogen-bond donors (Lipinski definition) is 0. The Morgan fingerprint density at radius 3 is 1.86 bits per heavy atom. The molecule has 0 heteroatoms. The van der Waals surface area contributed by atoms with Crippen LogP contribution >= 0.6 is 0 Å². The molecule has 0 atom stereocenters. The van der Waals surface area contributed by atoms with Crippen molar-refractivity contribution in [2.75, 3.05) is 0 Å². The first kappa shape index (κ1) is 5.14. The van der Waals surface area contributed by atoms with Crippen molar-refractivity contribution in [2.24, 2.45) is 5.41 Å². The van der Waals surface area contributed by atoms with Crippen LogP contribution in [-0.4, -0.2) is 0 Å². The van der Waals surface area contributed by atoms with Crippen molar-refractivity contribution >= 4 is 0 Å². The Kier molecular flexibility index (Phi) is 1.10. The van der Waals surface area contributed by atoms with Crippen LogP contribution in [-0.2, 0) is 0 Å². The second kappa shape index (κ2) is 1.50. The molecule has 0 aliphatic heterocycles. The smallest absolute Gasteiger partial charge is 0.0326 e. The van der Waals surface area contributed by atoms with E-state index in [1.54, 1.807) is 0 Å². The summed E-state index contributed by atoms with van der Waals surface area (Å²) >= 11 is 0. The molecule has 0 nitrogen and oxygen atoms in total. The third-order valence-electron chi connectivity index (χ3n) is 1.81. The van der Waals surface area contributed by atoms with Crippen molar-refractivity contribution in [1.29, 1.82) is 0 Å². The molecular formula is C7H13. The first-order chi connectivity index (χ1) is 3.21. The van der Waals surface area contributed by atoms with Crippen LogP contribution in [0.1, 0.15) is 32.6 Å². The molecule has 1 rings (SSSR count). The molecule has 1 aliphatic rings. The summed E-state index contributed by atoms with van der Waals surface area (Å²) < 4.78 is 0. The molecule has 0 aromatic rings. The second-order valence-electron chi connectivity index (χ2n) is 3.02. The van der Waals surface area contributed by atoms with Crippen molar-refractivity contribution < 1.29 is 0 Å². The highest BCUT2D eigenvalue weighted by atomic mass is 14.3. The van der Waals surface area contributed by atoms with Crippen LogP contribution in [0.3, 0.4) is 0 Å². The quantitative estimate of drug-likeness (QED) is 0.435. The van der Waals surface area contributed by atoms with E-state index >= 15 is 0 Å². The second-order valence-corrected chi connectivity index (χ2v) is 3.02. The lowest BCUT2D eigenvalue weighted by molar-refractivity contribution is 0.441. The maximum atomic E-state index is 4.07. The van der Waals surface area contributed by atoms with Crippen molar-refractivity contribution in [3.63, 3.8) is 0 Å². The van der Waals surface area contributed by atoms with Crippen molar-refractivity contribution in [3.8, 4) is 0 Å². The first-order valence-electron chi connectivity index (χ1n) is 3.06. The van der Waals surface area contributed by atoms with Gasteiger partial charge in [0, 0.05) is 0 Å². The van der Waals surface area contributed by atoms with Crippen LogP contribution in [0, 0.1) is 12.3 Å². The molecule has 0 spiro atoms. The molecule has 1 radical (unpaired) electrons. The van der Waals surface area contributed by atoms with Crippen LogP contribution < -0.4 is 0 Å². The normalized spacial score (nSPS) is 28.3. The molecule has 0 heterocycles. The Labute approximate surface area is 45.9 Å². The van der Waals surface area contributed by atoms with Gasteiger partial charge in [0.15, 0.2) is 0 Å². The average Bonchev–Trinajstić information content (AvgIpc) is 1.84. The largest absolute Gasteiger partial charge is 0.0596 e. The fourth-order valence-corrected chi connectivity index (χ4v) is 1.23. The average molecular weight is 97.2 g/mol. The Morgan fingerprint density at radius 1 is 1.29 bits per heavy atom. The van der Waals surface area contributed by atoms with Gasteiger partial charge in [0.2, 0.25) is 0 Å². The third kappa shape index (κ3) is 1.19. The maximum Gasteiger partial charge on any atom is -0.0326 e.